The van der Waals surface area contributed by atoms with Crippen LogP contribution >= 0.6 is 0 Å². The lowest BCUT2D eigenvalue weighted by atomic mass is 9.74. The highest BCUT2D eigenvalue weighted by molar-refractivity contribution is 6.14. The summed E-state index contributed by atoms with van der Waals surface area (Å²) in [6.45, 7) is 4.60. The second kappa shape index (κ2) is 13.9. The number of amidine groups is 1. The zero-order chi connectivity index (χ0) is 35.0. The van der Waals surface area contributed by atoms with Crippen molar-refractivity contribution in [2.24, 2.45) is 16.8 Å². The molecule has 4 aliphatic rings. The molecule has 4 unspecified atom stereocenters. The molecule has 1 aliphatic heterocycles. The van der Waals surface area contributed by atoms with Gasteiger partial charge in [-0.15, -0.1) is 0 Å². The zero-order valence-electron chi connectivity index (χ0n) is 30.2. The predicted octanol–water partition coefficient (Wildman–Crippen LogP) is 12.7. The molecule has 0 spiro atoms. The lowest BCUT2D eigenvalue weighted by Gasteiger charge is -2.33. The highest BCUT2D eigenvalue weighted by atomic mass is 15.0. The number of aryl methyl sites for hydroxylation is 1. The SMILES string of the molecule is CC1=CC(C2C=CC=CC(c3ccccc3-c3ccccc3-c3ccc4c5c(c6ccccc6c4c3)C=CCCC5)C2C)N=C(C2=CCC=CC2)N1. The maximum atomic E-state index is 5.36. The lowest BCUT2D eigenvalue weighted by molar-refractivity contribution is 0.366. The van der Waals surface area contributed by atoms with Gasteiger partial charge in [-0.2, -0.15) is 0 Å². The summed E-state index contributed by atoms with van der Waals surface area (Å²) in [6, 6.07) is 34.4. The van der Waals surface area contributed by atoms with Crippen molar-refractivity contribution in [3.63, 3.8) is 0 Å². The Morgan fingerprint density at radius 2 is 1.52 bits per heavy atom. The van der Waals surface area contributed by atoms with Crippen LogP contribution in [-0.2, 0) is 6.42 Å². The van der Waals surface area contributed by atoms with E-state index in [1.54, 1.807) is 0 Å². The van der Waals surface area contributed by atoms with Gasteiger partial charge in [0.15, 0.2) is 0 Å². The number of nitrogens with zero attached hydrogens (tertiary/aromatic N) is 1. The fraction of sp³-hybridized carbons (Fsp3) is 0.220. The minimum Gasteiger partial charge on any atom is -0.344 e. The topological polar surface area (TPSA) is 24.4 Å². The Labute approximate surface area is 308 Å². The predicted molar refractivity (Wildman–Crippen MR) is 223 cm³/mol. The van der Waals surface area contributed by atoms with Gasteiger partial charge in [0, 0.05) is 17.5 Å². The van der Waals surface area contributed by atoms with E-state index in [4.69, 9.17) is 4.99 Å². The van der Waals surface area contributed by atoms with Gasteiger partial charge >= 0.3 is 0 Å². The van der Waals surface area contributed by atoms with Crippen molar-refractivity contribution in [2.45, 2.75) is 57.9 Å². The molecule has 3 aliphatic carbocycles. The van der Waals surface area contributed by atoms with Crippen LogP contribution < -0.4 is 5.32 Å². The van der Waals surface area contributed by atoms with E-state index in [-0.39, 0.29) is 17.9 Å². The van der Waals surface area contributed by atoms with Crippen LogP contribution in [0.1, 0.15) is 62.1 Å². The van der Waals surface area contributed by atoms with Gasteiger partial charge in [0.25, 0.3) is 0 Å². The highest BCUT2D eigenvalue weighted by Gasteiger charge is 2.33. The van der Waals surface area contributed by atoms with E-state index in [1.807, 2.05) is 0 Å². The molecule has 1 heterocycles. The molecule has 0 aromatic heterocycles. The largest absolute Gasteiger partial charge is 0.344 e. The Hall–Kier alpha value is -5.47. The van der Waals surface area contributed by atoms with Crippen LogP contribution in [-0.4, -0.2) is 11.9 Å². The summed E-state index contributed by atoms with van der Waals surface area (Å²) in [7, 11) is 0. The standard InChI is InChI=1S/C50H46N2/c1-33-31-49(52-50(51-33)35-17-5-3-6-18-35)38-20-10-9-19-37(34(38)2)40-24-13-14-26-42(40)41-25-12-11-21-39(41)36-29-30-47-45-23-8-4-7-22-43(45)44-27-15-16-28-46(44)48(47)32-36/h3,5,7,9-16,18-22,24-32,34,37-38,49H,4,6,8,17,23H2,1-2H3,(H,51,52). The summed E-state index contributed by atoms with van der Waals surface area (Å²) in [5.41, 5.74) is 11.9. The summed E-state index contributed by atoms with van der Waals surface area (Å²) in [6.07, 6.45) is 28.5. The average molecular weight is 675 g/mol. The summed E-state index contributed by atoms with van der Waals surface area (Å²) >= 11 is 0. The fourth-order valence-corrected chi connectivity index (χ4v) is 9.15. The molecule has 0 amide bonds. The van der Waals surface area contributed by atoms with Crippen molar-refractivity contribution in [3.05, 3.63) is 174 Å². The molecule has 52 heavy (non-hydrogen) atoms. The quantitative estimate of drug-likeness (QED) is 0.146. The Kier molecular flexibility index (Phi) is 8.68. The van der Waals surface area contributed by atoms with Crippen LogP contribution in [0.15, 0.2) is 162 Å². The molecule has 5 aromatic rings. The molecule has 0 saturated heterocycles. The van der Waals surface area contributed by atoms with E-state index in [0.29, 0.717) is 5.92 Å². The van der Waals surface area contributed by atoms with E-state index >= 15 is 0 Å². The molecule has 2 heteroatoms. The van der Waals surface area contributed by atoms with Gasteiger partial charge in [0.1, 0.15) is 5.84 Å². The van der Waals surface area contributed by atoms with Crippen LogP contribution in [0.25, 0.3) is 49.9 Å². The third-order valence-corrected chi connectivity index (χ3v) is 11.8. The lowest BCUT2D eigenvalue weighted by Crippen LogP contribution is -2.35. The van der Waals surface area contributed by atoms with Crippen molar-refractivity contribution in [1.29, 1.82) is 0 Å². The molecule has 0 bridgehead atoms. The number of aliphatic imine (C=N–C) groups is 1. The third-order valence-electron chi connectivity index (χ3n) is 11.8. The van der Waals surface area contributed by atoms with Gasteiger partial charge in [-0.3, -0.25) is 4.99 Å². The van der Waals surface area contributed by atoms with Crippen molar-refractivity contribution in [1.82, 2.24) is 5.32 Å². The number of hydrogen-bond donors (Lipinski definition) is 1. The second-order valence-electron chi connectivity index (χ2n) is 14.9. The van der Waals surface area contributed by atoms with E-state index in [1.165, 1.54) is 78.2 Å². The first-order valence-corrected chi connectivity index (χ1v) is 19.2. The van der Waals surface area contributed by atoms with Gasteiger partial charge < -0.3 is 5.32 Å². The van der Waals surface area contributed by atoms with Gasteiger partial charge in [-0.25, -0.2) is 0 Å². The van der Waals surface area contributed by atoms with Crippen molar-refractivity contribution >= 4 is 33.5 Å². The van der Waals surface area contributed by atoms with Gasteiger partial charge in [-0.1, -0.05) is 147 Å². The number of nitrogens with one attached hydrogen (secondary N) is 1. The second-order valence-corrected chi connectivity index (χ2v) is 14.9. The first-order valence-electron chi connectivity index (χ1n) is 19.2. The molecule has 2 nitrogen and oxygen atoms in total. The maximum Gasteiger partial charge on any atom is 0.128 e. The molecular formula is C50H46N2. The van der Waals surface area contributed by atoms with Crippen LogP contribution in [0.2, 0.25) is 0 Å². The Morgan fingerprint density at radius 3 is 2.38 bits per heavy atom. The molecule has 5 aromatic carbocycles. The highest BCUT2D eigenvalue weighted by Crippen LogP contribution is 2.45. The molecule has 9 rings (SSSR count). The zero-order valence-corrected chi connectivity index (χ0v) is 30.2. The normalized spacial score (nSPS) is 22.6. The Bertz CT molecular complexity index is 2410. The molecule has 0 radical (unpaired) electrons. The van der Waals surface area contributed by atoms with E-state index < -0.39 is 0 Å². The number of allylic oxidation sites excluding steroid dienone is 8. The van der Waals surface area contributed by atoms with Gasteiger partial charge in [0.05, 0.1) is 6.04 Å². The van der Waals surface area contributed by atoms with Crippen LogP contribution in [0, 0.1) is 11.8 Å². The monoisotopic (exact) mass is 674 g/mol. The van der Waals surface area contributed by atoms with E-state index in [0.717, 1.165) is 31.5 Å². The molecule has 0 fully saturated rings. The number of benzene rings is 5. The molecule has 0 saturated carbocycles. The fourth-order valence-electron chi connectivity index (χ4n) is 9.15. The van der Waals surface area contributed by atoms with Crippen LogP contribution in [0.5, 0.6) is 0 Å². The van der Waals surface area contributed by atoms with Crippen molar-refractivity contribution < 1.29 is 0 Å². The number of rotatable bonds is 5. The van der Waals surface area contributed by atoms with Crippen LogP contribution in [0.4, 0.5) is 0 Å². The number of fused-ring (bicyclic) bond motifs is 6. The van der Waals surface area contributed by atoms with E-state index in [2.05, 4.69) is 171 Å². The minimum absolute atomic E-state index is 0.0779. The summed E-state index contributed by atoms with van der Waals surface area (Å²) in [4.78, 5) is 5.36. The number of hydrogen-bond acceptors (Lipinski definition) is 2. The first kappa shape index (κ1) is 32.4. The first-order chi connectivity index (χ1) is 25.6. The molecule has 256 valence electrons. The summed E-state index contributed by atoms with van der Waals surface area (Å²) < 4.78 is 0. The summed E-state index contributed by atoms with van der Waals surface area (Å²) in [5, 5.41) is 9.02. The average Bonchev–Trinajstić information content (AvgIpc) is 3.57. The molecule has 1 N–H and O–H groups in total. The maximum absolute atomic E-state index is 5.36. The smallest absolute Gasteiger partial charge is 0.128 e. The Balaban J connectivity index is 1.12. The third kappa shape index (κ3) is 5.91. The van der Waals surface area contributed by atoms with E-state index in [9.17, 15) is 0 Å². The van der Waals surface area contributed by atoms with Crippen molar-refractivity contribution in [2.75, 3.05) is 0 Å². The van der Waals surface area contributed by atoms with Gasteiger partial charge in [0.2, 0.25) is 0 Å². The molecule has 4 atom stereocenters. The molecular weight excluding hydrogens is 629 g/mol. The Morgan fingerprint density at radius 1 is 0.731 bits per heavy atom. The van der Waals surface area contributed by atoms with Gasteiger partial charge in [-0.05, 0) is 123 Å². The van der Waals surface area contributed by atoms with Crippen LogP contribution in [0.3, 0.4) is 0 Å². The minimum atomic E-state index is 0.0779. The summed E-state index contributed by atoms with van der Waals surface area (Å²) in [5.74, 6) is 1.85. The van der Waals surface area contributed by atoms with Crippen molar-refractivity contribution in [3.8, 4) is 22.3 Å².